The zero-order valence-corrected chi connectivity index (χ0v) is 11.9. The molecule has 1 aliphatic heterocycles. The first-order valence-corrected chi connectivity index (χ1v) is 7.30. The number of barbiturate groups is 1. The van der Waals surface area contributed by atoms with Gasteiger partial charge in [0, 0.05) is 20.3 Å². The van der Waals surface area contributed by atoms with E-state index in [-0.39, 0.29) is 11.8 Å². The van der Waals surface area contributed by atoms with Crippen molar-refractivity contribution in [3.05, 3.63) is 0 Å². The monoisotopic (exact) mass is 282 g/mol. The van der Waals surface area contributed by atoms with Gasteiger partial charge in [0.25, 0.3) is 0 Å². The van der Waals surface area contributed by atoms with Crippen LogP contribution in [0.3, 0.4) is 0 Å². The van der Waals surface area contributed by atoms with Crippen molar-refractivity contribution in [3.8, 4) is 0 Å². The van der Waals surface area contributed by atoms with Crippen LogP contribution in [0.2, 0.25) is 0 Å². The molecule has 1 unspecified atom stereocenters. The summed E-state index contributed by atoms with van der Waals surface area (Å²) in [5, 5.41) is 2.32. The molecule has 0 spiro atoms. The molecule has 1 aliphatic carbocycles. The third-order valence-electron chi connectivity index (χ3n) is 4.14. The molecule has 0 aromatic carbocycles. The molecule has 2 fully saturated rings. The predicted molar refractivity (Wildman–Crippen MR) is 71.8 cm³/mol. The van der Waals surface area contributed by atoms with E-state index in [0.717, 1.165) is 32.1 Å². The Labute approximate surface area is 118 Å². The molecule has 1 heterocycles. The number of methoxy groups -OCH3 is 1. The highest BCUT2D eigenvalue weighted by Gasteiger charge is 2.44. The minimum atomic E-state index is -0.669. The van der Waals surface area contributed by atoms with Crippen LogP contribution in [0.25, 0.3) is 0 Å². The fourth-order valence-corrected chi connectivity index (χ4v) is 3.07. The van der Waals surface area contributed by atoms with E-state index in [1.165, 1.54) is 4.90 Å². The first-order valence-electron chi connectivity index (χ1n) is 7.30. The maximum Gasteiger partial charge on any atom is 0.330 e. The number of rotatable bonds is 6. The van der Waals surface area contributed by atoms with Gasteiger partial charge in [-0.1, -0.05) is 12.8 Å². The van der Waals surface area contributed by atoms with E-state index in [0.29, 0.717) is 19.6 Å². The van der Waals surface area contributed by atoms with Crippen molar-refractivity contribution in [2.75, 3.05) is 20.3 Å². The fourth-order valence-electron chi connectivity index (χ4n) is 3.07. The van der Waals surface area contributed by atoms with Crippen molar-refractivity contribution in [2.24, 2.45) is 11.8 Å². The molecule has 1 saturated carbocycles. The molecule has 112 valence electrons. The molecule has 4 amide bonds. The molecule has 6 heteroatoms. The van der Waals surface area contributed by atoms with Crippen LogP contribution in [0.15, 0.2) is 0 Å². The highest BCUT2D eigenvalue weighted by molar-refractivity contribution is 6.16. The number of carbonyl (C=O) groups excluding carboxylic acids is 3. The molecular weight excluding hydrogens is 260 g/mol. The molecule has 0 bridgehead atoms. The van der Waals surface area contributed by atoms with Gasteiger partial charge in [-0.25, -0.2) is 4.79 Å². The second-order valence-electron chi connectivity index (χ2n) is 5.51. The number of imide groups is 2. The summed E-state index contributed by atoms with van der Waals surface area (Å²) in [5.74, 6) is -1.31. The molecule has 1 saturated heterocycles. The van der Waals surface area contributed by atoms with Crippen LogP contribution in [0.1, 0.15) is 38.5 Å². The van der Waals surface area contributed by atoms with Crippen LogP contribution in [-0.4, -0.2) is 43.0 Å². The average molecular weight is 282 g/mol. The third kappa shape index (κ3) is 3.17. The number of hydrogen-bond donors (Lipinski definition) is 1. The van der Waals surface area contributed by atoms with E-state index in [1.54, 1.807) is 7.11 Å². The second-order valence-corrected chi connectivity index (χ2v) is 5.51. The van der Waals surface area contributed by atoms with Gasteiger partial charge in [0.15, 0.2) is 0 Å². The Hall–Kier alpha value is -1.43. The van der Waals surface area contributed by atoms with Gasteiger partial charge in [-0.05, 0) is 31.6 Å². The van der Waals surface area contributed by atoms with E-state index in [9.17, 15) is 14.4 Å². The molecule has 20 heavy (non-hydrogen) atoms. The zero-order valence-electron chi connectivity index (χ0n) is 11.9. The number of urea groups is 1. The van der Waals surface area contributed by atoms with Gasteiger partial charge in [0.1, 0.15) is 5.92 Å². The van der Waals surface area contributed by atoms with Crippen LogP contribution in [0, 0.1) is 11.8 Å². The number of hydrogen-bond acceptors (Lipinski definition) is 4. The maximum atomic E-state index is 12.4. The Kier molecular flexibility index (Phi) is 5.11. The summed E-state index contributed by atoms with van der Waals surface area (Å²) in [6.45, 7) is 0.958. The molecular formula is C14H22N2O4. The highest BCUT2D eigenvalue weighted by atomic mass is 16.5. The lowest BCUT2D eigenvalue weighted by molar-refractivity contribution is -0.145. The SMILES string of the molecule is COCCCCN1C(=O)NC(=O)C(C2CCCC2)C1=O. The molecule has 2 rings (SSSR count). The quantitative estimate of drug-likeness (QED) is 0.588. The third-order valence-corrected chi connectivity index (χ3v) is 4.14. The molecule has 1 N–H and O–H groups in total. The number of amides is 4. The topological polar surface area (TPSA) is 75.7 Å². The van der Waals surface area contributed by atoms with Crippen molar-refractivity contribution < 1.29 is 19.1 Å². The van der Waals surface area contributed by atoms with Crippen LogP contribution >= 0.6 is 0 Å². The summed E-state index contributed by atoms with van der Waals surface area (Å²) in [6, 6.07) is -0.577. The summed E-state index contributed by atoms with van der Waals surface area (Å²) in [4.78, 5) is 37.3. The van der Waals surface area contributed by atoms with Crippen LogP contribution in [0.4, 0.5) is 4.79 Å². The van der Waals surface area contributed by atoms with Gasteiger partial charge < -0.3 is 4.74 Å². The maximum absolute atomic E-state index is 12.4. The molecule has 0 aromatic rings. The summed E-state index contributed by atoms with van der Waals surface area (Å²) in [5.41, 5.74) is 0. The van der Waals surface area contributed by atoms with Gasteiger partial charge >= 0.3 is 6.03 Å². The normalized spacial score (nSPS) is 24.4. The van der Waals surface area contributed by atoms with Gasteiger partial charge in [0.2, 0.25) is 11.8 Å². The number of nitrogens with zero attached hydrogens (tertiary/aromatic N) is 1. The lowest BCUT2D eigenvalue weighted by Crippen LogP contribution is -2.59. The van der Waals surface area contributed by atoms with Crippen LogP contribution < -0.4 is 5.32 Å². The second kappa shape index (κ2) is 6.83. The Morgan fingerprint density at radius 2 is 1.90 bits per heavy atom. The minimum absolute atomic E-state index is 0.0945. The Bertz CT molecular complexity index is 391. The molecule has 6 nitrogen and oxygen atoms in total. The standard InChI is InChI=1S/C14H22N2O4/c1-20-9-5-4-8-16-13(18)11(10-6-2-3-7-10)12(17)15-14(16)19/h10-11H,2-9H2,1H3,(H,15,17,19). The summed E-state index contributed by atoms with van der Waals surface area (Å²) < 4.78 is 4.95. The van der Waals surface area contributed by atoms with Crippen molar-refractivity contribution >= 4 is 17.8 Å². The van der Waals surface area contributed by atoms with Crippen molar-refractivity contribution in [1.82, 2.24) is 10.2 Å². The first kappa shape index (κ1) is 15.0. The van der Waals surface area contributed by atoms with E-state index in [2.05, 4.69) is 5.32 Å². The van der Waals surface area contributed by atoms with E-state index in [4.69, 9.17) is 4.74 Å². The molecule has 2 aliphatic rings. The van der Waals surface area contributed by atoms with Gasteiger partial charge in [-0.2, -0.15) is 0 Å². The number of carbonyl (C=O) groups is 3. The molecule has 0 aromatic heterocycles. The van der Waals surface area contributed by atoms with Crippen LogP contribution in [0.5, 0.6) is 0 Å². The first-order chi connectivity index (χ1) is 9.65. The van der Waals surface area contributed by atoms with Crippen molar-refractivity contribution in [2.45, 2.75) is 38.5 Å². The number of ether oxygens (including phenoxy) is 1. The van der Waals surface area contributed by atoms with Gasteiger partial charge in [-0.15, -0.1) is 0 Å². The predicted octanol–water partition coefficient (Wildman–Crippen LogP) is 1.30. The molecule has 0 radical (unpaired) electrons. The van der Waals surface area contributed by atoms with Crippen molar-refractivity contribution in [1.29, 1.82) is 0 Å². The van der Waals surface area contributed by atoms with E-state index in [1.807, 2.05) is 0 Å². The van der Waals surface area contributed by atoms with Gasteiger partial charge in [0.05, 0.1) is 0 Å². The fraction of sp³-hybridized carbons (Fsp3) is 0.786. The summed E-state index contributed by atoms with van der Waals surface area (Å²) in [7, 11) is 1.62. The number of nitrogens with one attached hydrogen (secondary N) is 1. The highest BCUT2D eigenvalue weighted by Crippen LogP contribution is 2.33. The smallest absolute Gasteiger partial charge is 0.330 e. The Morgan fingerprint density at radius 1 is 1.20 bits per heavy atom. The number of unbranched alkanes of at least 4 members (excludes halogenated alkanes) is 1. The lowest BCUT2D eigenvalue weighted by Gasteiger charge is -2.32. The van der Waals surface area contributed by atoms with E-state index < -0.39 is 17.9 Å². The van der Waals surface area contributed by atoms with Gasteiger partial charge in [-0.3, -0.25) is 19.8 Å². The Balaban J connectivity index is 1.98. The van der Waals surface area contributed by atoms with Crippen LogP contribution in [-0.2, 0) is 14.3 Å². The summed E-state index contributed by atoms with van der Waals surface area (Å²) >= 11 is 0. The zero-order chi connectivity index (χ0) is 14.5. The molecule has 1 atom stereocenters. The summed E-state index contributed by atoms with van der Waals surface area (Å²) in [6.07, 6.45) is 5.40. The average Bonchev–Trinajstić information content (AvgIpc) is 2.91. The van der Waals surface area contributed by atoms with Crippen molar-refractivity contribution in [3.63, 3.8) is 0 Å². The Morgan fingerprint density at radius 3 is 2.55 bits per heavy atom. The van der Waals surface area contributed by atoms with E-state index >= 15 is 0 Å². The lowest BCUT2D eigenvalue weighted by atomic mass is 9.87. The minimum Gasteiger partial charge on any atom is -0.385 e. The largest absolute Gasteiger partial charge is 0.385 e.